The van der Waals surface area contributed by atoms with E-state index in [-0.39, 0.29) is 0 Å². The van der Waals surface area contributed by atoms with Gasteiger partial charge in [-0.3, -0.25) is 0 Å². The van der Waals surface area contributed by atoms with Gasteiger partial charge in [0.2, 0.25) is 0 Å². The zero-order valence-corrected chi connectivity index (χ0v) is 12.1. The van der Waals surface area contributed by atoms with E-state index in [0.717, 1.165) is 50.7 Å². The van der Waals surface area contributed by atoms with Crippen LogP contribution in [0.2, 0.25) is 0 Å². The summed E-state index contributed by atoms with van der Waals surface area (Å²) in [5.41, 5.74) is 2.58. The van der Waals surface area contributed by atoms with Crippen molar-refractivity contribution >= 4 is 0 Å². The molecule has 4 nitrogen and oxygen atoms in total. The van der Waals surface area contributed by atoms with Crippen molar-refractivity contribution in [1.82, 2.24) is 10.6 Å². The van der Waals surface area contributed by atoms with Crippen molar-refractivity contribution in [3.63, 3.8) is 0 Å². The number of hydrogen-bond acceptors (Lipinski definition) is 4. The van der Waals surface area contributed by atoms with Gasteiger partial charge in [-0.25, -0.2) is 0 Å². The van der Waals surface area contributed by atoms with Crippen LogP contribution in [0.15, 0.2) is 4.42 Å². The molecule has 1 rings (SSSR count). The molecule has 104 valence electrons. The number of hydrogen-bond donors (Lipinski definition) is 2. The van der Waals surface area contributed by atoms with E-state index in [4.69, 9.17) is 9.15 Å². The van der Waals surface area contributed by atoms with Gasteiger partial charge in [0.25, 0.3) is 0 Å². The molecule has 0 saturated heterocycles. The highest BCUT2D eigenvalue weighted by molar-refractivity contribution is 5.31. The van der Waals surface area contributed by atoms with Gasteiger partial charge in [0.15, 0.2) is 0 Å². The molecule has 0 saturated carbocycles. The van der Waals surface area contributed by atoms with Crippen LogP contribution in [-0.4, -0.2) is 33.4 Å². The Balaban J connectivity index is 2.11. The first-order chi connectivity index (χ1) is 8.66. The lowest BCUT2D eigenvalue weighted by Gasteiger charge is -2.06. The summed E-state index contributed by atoms with van der Waals surface area (Å²) in [5, 5.41) is 6.78. The molecule has 0 unspecified atom stereocenters. The number of aryl methyl sites for hydroxylation is 2. The number of nitrogens with one attached hydrogen (secondary N) is 2. The van der Waals surface area contributed by atoms with Crippen LogP contribution < -0.4 is 10.6 Å². The second-order valence-electron chi connectivity index (χ2n) is 4.59. The largest absolute Gasteiger partial charge is 0.466 e. The Kier molecular flexibility index (Phi) is 7.01. The Morgan fingerprint density at radius 1 is 1.00 bits per heavy atom. The van der Waals surface area contributed by atoms with Crippen molar-refractivity contribution in [3.8, 4) is 0 Å². The van der Waals surface area contributed by atoms with Gasteiger partial charge < -0.3 is 19.8 Å². The van der Waals surface area contributed by atoms with Crippen LogP contribution in [0.5, 0.6) is 0 Å². The molecule has 0 aromatic carbocycles. The molecule has 0 amide bonds. The standard InChI is InChI=1S/C14H26N2O2/c1-11-12(2)18-13(3)14(11)10-16-7-5-6-15-8-9-17-4/h15-16H,5-10H2,1-4H3. The molecule has 4 heteroatoms. The number of rotatable bonds is 9. The number of ether oxygens (including phenoxy) is 1. The Bertz CT molecular complexity index is 348. The lowest BCUT2D eigenvalue weighted by Crippen LogP contribution is -2.24. The highest BCUT2D eigenvalue weighted by Gasteiger charge is 2.09. The zero-order valence-electron chi connectivity index (χ0n) is 12.1. The molecule has 18 heavy (non-hydrogen) atoms. The van der Waals surface area contributed by atoms with E-state index < -0.39 is 0 Å². The maximum atomic E-state index is 5.60. The van der Waals surface area contributed by atoms with Gasteiger partial charge >= 0.3 is 0 Å². The number of furan rings is 1. The van der Waals surface area contributed by atoms with E-state index in [1.54, 1.807) is 7.11 Å². The average Bonchev–Trinajstić information content (AvgIpc) is 2.58. The first-order valence-electron chi connectivity index (χ1n) is 6.62. The van der Waals surface area contributed by atoms with Crippen LogP contribution in [0.25, 0.3) is 0 Å². The van der Waals surface area contributed by atoms with Crippen molar-refractivity contribution in [2.75, 3.05) is 33.4 Å². The van der Waals surface area contributed by atoms with Crippen molar-refractivity contribution in [3.05, 3.63) is 22.6 Å². The Morgan fingerprint density at radius 2 is 1.72 bits per heavy atom. The SMILES string of the molecule is COCCNCCCNCc1c(C)oc(C)c1C. The lowest BCUT2D eigenvalue weighted by atomic mass is 10.1. The highest BCUT2D eigenvalue weighted by Crippen LogP contribution is 2.20. The fourth-order valence-corrected chi connectivity index (χ4v) is 1.95. The monoisotopic (exact) mass is 254 g/mol. The minimum absolute atomic E-state index is 0.778. The van der Waals surface area contributed by atoms with E-state index in [9.17, 15) is 0 Å². The maximum Gasteiger partial charge on any atom is 0.105 e. The van der Waals surface area contributed by atoms with Gasteiger partial charge in [-0.15, -0.1) is 0 Å². The second kappa shape index (κ2) is 8.29. The molecule has 0 atom stereocenters. The summed E-state index contributed by atoms with van der Waals surface area (Å²) in [7, 11) is 1.72. The normalized spacial score (nSPS) is 11.1. The summed E-state index contributed by atoms with van der Waals surface area (Å²) >= 11 is 0. The summed E-state index contributed by atoms with van der Waals surface area (Å²) in [4.78, 5) is 0. The molecule has 0 aliphatic carbocycles. The molecule has 0 spiro atoms. The van der Waals surface area contributed by atoms with Crippen LogP contribution >= 0.6 is 0 Å². The third-order valence-electron chi connectivity index (χ3n) is 3.20. The Labute approximate surface area is 110 Å². The summed E-state index contributed by atoms with van der Waals surface area (Å²) < 4.78 is 10.6. The van der Waals surface area contributed by atoms with Gasteiger partial charge in [0.1, 0.15) is 11.5 Å². The third kappa shape index (κ3) is 4.80. The predicted molar refractivity (Wildman–Crippen MR) is 74.0 cm³/mol. The fraction of sp³-hybridized carbons (Fsp3) is 0.714. The van der Waals surface area contributed by atoms with Gasteiger partial charge in [0.05, 0.1) is 6.61 Å². The van der Waals surface area contributed by atoms with Crippen LogP contribution in [0.3, 0.4) is 0 Å². The summed E-state index contributed by atoms with van der Waals surface area (Å²) in [5.74, 6) is 2.07. The van der Waals surface area contributed by atoms with Crippen LogP contribution in [0, 0.1) is 20.8 Å². The smallest absolute Gasteiger partial charge is 0.105 e. The highest BCUT2D eigenvalue weighted by atomic mass is 16.5. The minimum atomic E-state index is 0.778. The van der Waals surface area contributed by atoms with Crippen molar-refractivity contribution in [2.24, 2.45) is 0 Å². The molecule has 0 radical (unpaired) electrons. The van der Waals surface area contributed by atoms with Crippen molar-refractivity contribution < 1.29 is 9.15 Å². The average molecular weight is 254 g/mol. The molecular weight excluding hydrogens is 228 g/mol. The maximum absolute atomic E-state index is 5.60. The first-order valence-corrected chi connectivity index (χ1v) is 6.62. The van der Waals surface area contributed by atoms with E-state index in [2.05, 4.69) is 17.6 Å². The summed E-state index contributed by atoms with van der Waals surface area (Å²) in [6.07, 6.45) is 1.12. The molecular formula is C14H26N2O2. The van der Waals surface area contributed by atoms with E-state index in [1.807, 2.05) is 13.8 Å². The van der Waals surface area contributed by atoms with Gasteiger partial charge in [0, 0.05) is 25.8 Å². The topological polar surface area (TPSA) is 46.4 Å². The van der Waals surface area contributed by atoms with E-state index >= 15 is 0 Å². The summed E-state index contributed by atoms with van der Waals surface area (Å²) in [6.45, 7) is 10.8. The minimum Gasteiger partial charge on any atom is -0.466 e. The molecule has 0 aliphatic rings. The van der Waals surface area contributed by atoms with E-state index in [0.29, 0.717) is 0 Å². The Hall–Kier alpha value is -0.840. The van der Waals surface area contributed by atoms with E-state index in [1.165, 1.54) is 11.1 Å². The van der Waals surface area contributed by atoms with Crippen molar-refractivity contribution in [1.29, 1.82) is 0 Å². The molecule has 0 bridgehead atoms. The van der Waals surface area contributed by atoms with Gasteiger partial charge in [-0.1, -0.05) is 0 Å². The predicted octanol–water partition coefficient (Wildman–Crippen LogP) is 1.92. The zero-order chi connectivity index (χ0) is 13.4. The number of methoxy groups -OCH3 is 1. The van der Waals surface area contributed by atoms with Crippen LogP contribution in [-0.2, 0) is 11.3 Å². The third-order valence-corrected chi connectivity index (χ3v) is 3.20. The quantitative estimate of drug-likeness (QED) is 0.661. The fourth-order valence-electron chi connectivity index (χ4n) is 1.95. The molecule has 1 aromatic heterocycles. The molecule has 2 N–H and O–H groups in total. The molecule has 1 aromatic rings. The van der Waals surface area contributed by atoms with Crippen LogP contribution in [0.1, 0.15) is 29.1 Å². The van der Waals surface area contributed by atoms with Crippen LogP contribution in [0.4, 0.5) is 0 Å². The Morgan fingerprint density at radius 3 is 2.33 bits per heavy atom. The second-order valence-corrected chi connectivity index (χ2v) is 4.59. The molecule has 1 heterocycles. The lowest BCUT2D eigenvalue weighted by molar-refractivity contribution is 0.199. The van der Waals surface area contributed by atoms with Gasteiger partial charge in [-0.05, 0) is 45.8 Å². The molecule has 0 aliphatic heterocycles. The first kappa shape index (κ1) is 15.2. The van der Waals surface area contributed by atoms with Gasteiger partial charge in [-0.2, -0.15) is 0 Å². The molecule has 0 fully saturated rings. The van der Waals surface area contributed by atoms with Crippen molar-refractivity contribution in [2.45, 2.75) is 33.7 Å². The summed E-state index contributed by atoms with van der Waals surface area (Å²) in [6, 6.07) is 0.